The highest BCUT2D eigenvalue weighted by Crippen LogP contribution is 2.14. The molecule has 9 heteroatoms. The number of carbonyl (C=O) groups excluding carboxylic acids is 1. The van der Waals surface area contributed by atoms with Crippen LogP contribution in [-0.2, 0) is 4.74 Å². The van der Waals surface area contributed by atoms with Gasteiger partial charge in [-0.05, 0) is 18.1 Å². The van der Waals surface area contributed by atoms with Crippen molar-refractivity contribution < 1.29 is 9.53 Å². The van der Waals surface area contributed by atoms with Gasteiger partial charge in [-0.1, -0.05) is 37.6 Å². The fourth-order valence-corrected chi connectivity index (χ4v) is 3.44. The van der Waals surface area contributed by atoms with Gasteiger partial charge in [-0.25, -0.2) is 0 Å². The maximum absolute atomic E-state index is 12.2. The lowest BCUT2D eigenvalue weighted by Crippen LogP contribution is -2.53. The predicted octanol–water partition coefficient (Wildman–Crippen LogP) is 2.21. The number of guanidine groups is 1. The van der Waals surface area contributed by atoms with E-state index in [0.29, 0.717) is 35.6 Å². The number of amides is 1. The first-order valence-electron chi connectivity index (χ1n) is 9.82. The Balaban J connectivity index is 0.00000420. The van der Waals surface area contributed by atoms with Crippen LogP contribution < -0.4 is 16.0 Å². The van der Waals surface area contributed by atoms with E-state index in [-0.39, 0.29) is 29.9 Å². The van der Waals surface area contributed by atoms with Gasteiger partial charge in [0.2, 0.25) is 0 Å². The molecule has 1 amide bonds. The molecule has 1 fully saturated rings. The second kappa shape index (κ2) is 14.0. The van der Waals surface area contributed by atoms with Crippen molar-refractivity contribution >= 4 is 47.4 Å². The van der Waals surface area contributed by atoms with Gasteiger partial charge in [0.15, 0.2) is 5.96 Å². The Labute approximate surface area is 196 Å². The maximum Gasteiger partial charge on any atom is 0.252 e. The maximum atomic E-state index is 12.2. The van der Waals surface area contributed by atoms with Crippen molar-refractivity contribution in [2.75, 3.05) is 53.0 Å². The summed E-state index contributed by atoms with van der Waals surface area (Å²) in [5, 5.41) is 9.95. The fraction of sp³-hybridized carbons (Fsp3) is 0.600. The zero-order valence-corrected chi connectivity index (χ0v) is 20.5. The van der Waals surface area contributed by atoms with Crippen LogP contribution in [0.3, 0.4) is 0 Å². The summed E-state index contributed by atoms with van der Waals surface area (Å²) >= 11 is 6.05. The van der Waals surface area contributed by atoms with E-state index in [4.69, 9.17) is 16.3 Å². The number of nitrogens with zero attached hydrogens (tertiary/aromatic N) is 2. The van der Waals surface area contributed by atoms with Gasteiger partial charge in [0.25, 0.3) is 5.91 Å². The molecular weight excluding hydrogens is 505 g/mol. The summed E-state index contributed by atoms with van der Waals surface area (Å²) in [5.74, 6) is 1.08. The standard InChI is InChI=1S/C20H32ClN5O2.HI/c1-15(2)18(26-10-12-28-13-11-26)14-25-20(22-3)24-9-8-23-19(27)16-6-4-5-7-17(16)21;/h4-7,15,18H,8-14H2,1-3H3,(H,23,27)(H2,22,24,25);1H. The number of benzene rings is 1. The predicted molar refractivity (Wildman–Crippen MR) is 130 cm³/mol. The molecule has 1 atom stereocenters. The molecule has 0 aliphatic carbocycles. The highest BCUT2D eigenvalue weighted by molar-refractivity contribution is 14.0. The summed E-state index contributed by atoms with van der Waals surface area (Å²) in [6.07, 6.45) is 0. The Hall–Kier alpha value is -1.10. The largest absolute Gasteiger partial charge is 0.379 e. The highest BCUT2D eigenvalue weighted by atomic mass is 127. The van der Waals surface area contributed by atoms with Crippen LogP contribution in [0, 0.1) is 5.92 Å². The summed E-state index contributed by atoms with van der Waals surface area (Å²) in [6, 6.07) is 7.44. The molecule has 1 aliphatic heterocycles. The van der Waals surface area contributed by atoms with Crippen LogP contribution in [0.1, 0.15) is 24.2 Å². The molecule has 1 aromatic carbocycles. The van der Waals surface area contributed by atoms with Crippen molar-refractivity contribution in [3.63, 3.8) is 0 Å². The third kappa shape index (κ3) is 8.65. The molecule has 2 rings (SSSR count). The lowest BCUT2D eigenvalue weighted by atomic mass is 10.0. The number of aliphatic imine (C=N–C) groups is 1. The molecule has 1 heterocycles. The Morgan fingerprint density at radius 2 is 1.83 bits per heavy atom. The van der Waals surface area contributed by atoms with Gasteiger partial charge in [-0.2, -0.15) is 0 Å². The first-order valence-corrected chi connectivity index (χ1v) is 10.2. The average molecular weight is 538 g/mol. The summed E-state index contributed by atoms with van der Waals surface area (Å²) < 4.78 is 5.46. The van der Waals surface area contributed by atoms with Gasteiger partial charge in [0, 0.05) is 45.8 Å². The SMILES string of the molecule is CN=C(NCCNC(=O)c1ccccc1Cl)NCC(C(C)C)N1CCOCC1.I. The van der Waals surface area contributed by atoms with Crippen LogP contribution in [0.4, 0.5) is 0 Å². The van der Waals surface area contributed by atoms with Crippen LogP contribution in [0.5, 0.6) is 0 Å². The molecule has 1 aliphatic rings. The number of nitrogens with one attached hydrogen (secondary N) is 3. The molecular formula is C20H33ClIN5O2. The van der Waals surface area contributed by atoms with E-state index in [1.807, 2.05) is 0 Å². The van der Waals surface area contributed by atoms with E-state index in [2.05, 4.69) is 39.7 Å². The molecule has 3 N–H and O–H groups in total. The number of morpholine rings is 1. The third-order valence-electron chi connectivity index (χ3n) is 4.81. The minimum Gasteiger partial charge on any atom is -0.379 e. The zero-order valence-electron chi connectivity index (χ0n) is 17.4. The van der Waals surface area contributed by atoms with Gasteiger partial charge in [0.1, 0.15) is 0 Å². The Kier molecular flexibility index (Phi) is 12.5. The molecule has 0 saturated carbocycles. The highest BCUT2D eigenvalue weighted by Gasteiger charge is 2.23. The molecule has 1 aromatic rings. The minimum atomic E-state index is -0.178. The van der Waals surface area contributed by atoms with Crippen molar-refractivity contribution in [2.24, 2.45) is 10.9 Å². The van der Waals surface area contributed by atoms with Gasteiger partial charge >= 0.3 is 0 Å². The Morgan fingerprint density at radius 1 is 1.17 bits per heavy atom. The van der Waals surface area contributed by atoms with E-state index >= 15 is 0 Å². The molecule has 164 valence electrons. The summed E-state index contributed by atoms with van der Waals surface area (Å²) in [7, 11) is 1.75. The van der Waals surface area contributed by atoms with E-state index < -0.39 is 0 Å². The summed E-state index contributed by atoms with van der Waals surface area (Å²) in [5.41, 5.74) is 0.483. The van der Waals surface area contributed by atoms with Crippen LogP contribution >= 0.6 is 35.6 Å². The number of halogens is 2. The van der Waals surface area contributed by atoms with E-state index in [1.54, 1.807) is 31.3 Å². The normalized spacial score (nSPS) is 16.1. The van der Waals surface area contributed by atoms with Crippen molar-refractivity contribution in [1.29, 1.82) is 0 Å². The van der Waals surface area contributed by atoms with E-state index in [1.165, 1.54) is 0 Å². The number of rotatable bonds is 8. The molecule has 1 saturated heterocycles. The van der Waals surface area contributed by atoms with E-state index in [0.717, 1.165) is 38.8 Å². The van der Waals surface area contributed by atoms with Crippen molar-refractivity contribution in [1.82, 2.24) is 20.9 Å². The number of hydrogen-bond donors (Lipinski definition) is 3. The number of carbonyl (C=O) groups is 1. The molecule has 0 radical (unpaired) electrons. The Bertz CT molecular complexity index is 654. The fourth-order valence-electron chi connectivity index (χ4n) is 3.21. The van der Waals surface area contributed by atoms with Crippen molar-refractivity contribution in [3.05, 3.63) is 34.9 Å². The minimum absolute atomic E-state index is 0. The first-order chi connectivity index (χ1) is 13.5. The van der Waals surface area contributed by atoms with Gasteiger partial charge in [-0.15, -0.1) is 24.0 Å². The first kappa shape index (κ1) is 25.9. The average Bonchev–Trinajstić information content (AvgIpc) is 2.70. The van der Waals surface area contributed by atoms with Crippen LogP contribution in [0.2, 0.25) is 5.02 Å². The molecule has 0 spiro atoms. The number of ether oxygens (including phenoxy) is 1. The van der Waals surface area contributed by atoms with Crippen LogP contribution in [0.25, 0.3) is 0 Å². The molecule has 0 bridgehead atoms. The molecule has 7 nitrogen and oxygen atoms in total. The topological polar surface area (TPSA) is 78.0 Å². The van der Waals surface area contributed by atoms with E-state index in [9.17, 15) is 4.79 Å². The quantitative estimate of drug-likeness (QED) is 0.205. The molecule has 1 unspecified atom stereocenters. The third-order valence-corrected chi connectivity index (χ3v) is 5.14. The molecule has 0 aromatic heterocycles. The monoisotopic (exact) mass is 537 g/mol. The van der Waals surface area contributed by atoms with Gasteiger partial charge < -0.3 is 20.7 Å². The Morgan fingerprint density at radius 3 is 2.45 bits per heavy atom. The number of hydrogen-bond acceptors (Lipinski definition) is 4. The lowest BCUT2D eigenvalue weighted by Gasteiger charge is -2.37. The molecule has 29 heavy (non-hydrogen) atoms. The van der Waals surface area contributed by atoms with Gasteiger partial charge in [-0.3, -0.25) is 14.7 Å². The lowest BCUT2D eigenvalue weighted by molar-refractivity contribution is 0.00752. The summed E-state index contributed by atoms with van der Waals surface area (Å²) in [6.45, 7) is 9.84. The second-order valence-electron chi connectivity index (χ2n) is 7.08. The zero-order chi connectivity index (χ0) is 20.4. The van der Waals surface area contributed by atoms with Crippen molar-refractivity contribution in [3.8, 4) is 0 Å². The van der Waals surface area contributed by atoms with Crippen LogP contribution in [-0.4, -0.2) is 75.8 Å². The van der Waals surface area contributed by atoms with Crippen molar-refractivity contribution in [2.45, 2.75) is 19.9 Å². The summed E-state index contributed by atoms with van der Waals surface area (Å²) in [4.78, 5) is 18.9. The van der Waals surface area contributed by atoms with Gasteiger partial charge in [0.05, 0.1) is 23.8 Å². The smallest absolute Gasteiger partial charge is 0.252 e. The van der Waals surface area contributed by atoms with Crippen LogP contribution in [0.15, 0.2) is 29.3 Å². The second-order valence-corrected chi connectivity index (χ2v) is 7.48.